The molecule has 1 saturated heterocycles. The molecule has 8 heteroatoms. The molecule has 1 aliphatic rings. The molecule has 1 atom stereocenters. The molecule has 3 rings (SSSR count). The van der Waals surface area contributed by atoms with Gasteiger partial charge in [-0.1, -0.05) is 11.8 Å². The number of anilines is 1. The van der Waals surface area contributed by atoms with Crippen LogP contribution in [0.2, 0.25) is 0 Å². The van der Waals surface area contributed by atoms with Gasteiger partial charge >= 0.3 is 0 Å². The van der Waals surface area contributed by atoms with E-state index in [1.807, 2.05) is 24.3 Å². The highest BCUT2D eigenvalue weighted by atomic mass is 32.2. The number of aromatic nitrogens is 2. The Labute approximate surface area is 142 Å². The zero-order chi connectivity index (χ0) is 16.4. The Morgan fingerprint density at radius 1 is 1.48 bits per heavy atom. The van der Waals surface area contributed by atoms with Gasteiger partial charge in [-0.2, -0.15) is 0 Å². The summed E-state index contributed by atoms with van der Waals surface area (Å²) in [4.78, 5) is 25.2. The second kappa shape index (κ2) is 6.67. The fraction of sp³-hybridized carbons (Fsp3) is 0.333. The van der Waals surface area contributed by atoms with E-state index in [1.165, 1.54) is 11.8 Å². The monoisotopic (exact) mass is 349 g/mol. The fourth-order valence-corrected chi connectivity index (χ4v) is 3.33. The van der Waals surface area contributed by atoms with Crippen molar-refractivity contribution in [2.45, 2.75) is 13.3 Å². The summed E-state index contributed by atoms with van der Waals surface area (Å²) in [5.74, 6) is 1.40. The molecule has 2 heterocycles. The number of amides is 1. The lowest BCUT2D eigenvalue weighted by atomic mass is 10.1. The summed E-state index contributed by atoms with van der Waals surface area (Å²) in [6, 6.07) is 7.41. The van der Waals surface area contributed by atoms with E-state index < -0.39 is 0 Å². The number of thioether (sulfide) groups is 1. The summed E-state index contributed by atoms with van der Waals surface area (Å²) < 4.78 is 5.26. The lowest BCUT2D eigenvalue weighted by Gasteiger charge is -2.16. The van der Waals surface area contributed by atoms with Gasteiger partial charge in [0.2, 0.25) is 11.8 Å². The maximum absolute atomic E-state index is 12.2. The topological polar surface area (TPSA) is 79.2 Å². The van der Waals surface area contributed by atoms with Gasteiger partial charge in [-0.05, 0) is 42.4 Å². The van der Waals surface area contributed by atoms with Crippen LogP contribution in [0.3, 0.4) is 0 Å². The number of carbonyl (C=O) groups is 2. The number of carbonyl (C=O) groups excluding carboxylic acids is 2. The number of aromatic amines is 1. The van der Waals surface area contributed by atoms with Crippen molar-refractivity contribution in [2.75, 3.05) is 17.2 Å². The molecule has 0 bridgehead atoms. The van der Waals surface area contributed by atoms with Crippen LogP contribution >= 0.6 is 24.0 Å². The Kier molecular flexibility index (Phi) is 4.63. The van der Waals surface area contributed by atoms with Crippen LogP contribution in [0, 0.1) is 10.8 Å². The minimum absolute atomic E-state index is 0.0871. The van der Waals surface area contributed by atoms with E-state index in [4.69, 9.17) is 16.6 Å². The lowest BCUT2D eigenvalue weighted by Crippen LogP contribution is -2.24. The van der Waals surface area contributed by atoms with E-state index in [0.717, 1.165) is 11.3 Å². The highest BCUT2D eigenvalue weighted by Gasteiger charge is 2.30. The summed E-state index contributed by atoms with van der Waals surface area (Å²) in [5, 5.41) is 6.63. The number of nitrogens with one attached hydrogen (secondary N) is 1. The van der Waals surface area contributed by atoms with Gasteiger partial charge in [0.05, 0.1) is 0 Å². The molecule has 1 amide bonds. The SMILES string of the molecule is CC(=O)SCC1CC(=O)N(c2ccc(-c3n[nH]c(=S)o3)cc2)C1. The third-order valence-electron chi connectivity index (χ3n) is 3.59. The first kappa shape index (κ1) is 15.9. The summed E-state index contributed by atoms with van der Waals surface area (Å²) >= 11 is 6.13. The molecule has 23 heavy (non-hydrogen) atoms. The van der Waals surface area contributed by atoms with Gasteiger partial charge in [0.1, 0.15) is 0 Å². The van der Waals surface area contributed by atoms with Crippen LogP contribution in [0.5, 0.6) is 0 Å². The highest BCUT2D eigenvalue weighted by Crippen LogP contribution is 2.29. The highest BCUT2D eigenvalue weighted by molar-refractivity contribution is 8.13. The molecular formula is C15H15N3O3S2. The van der Waals surface area contributed by atoms with Crippen molar-refractivity contribution < 1.29 is 14.0 Å². The smallest absolute Gasteiger partial charge is 0.284 e. The van der Waals surface area contributed by atoms with Crippen LogP contribution in [0.1, 0.15) is 13.3 Å². The first-order valence-corrected chi connectivity index (χ1v) is 8.52. The maximum Gasteiger partial charge on any atom is 0.284 e. The van der Waals surface area contributed by atoms with Gasteiger partial charge in [0, 0.05) is 36.9 Å². The van der Waals surface area contributed by atoms with Gasteiger partial charge < -0.3 is 9.32 Å². The van der Waals surface area contributed by atoms with E-state index >= 15 is 0 Å². The number of nitrogens with zero attached hydrogens (tertiary/aromatic N) is 2. The third kappa shape index (κ3) is 3.70. The van der Waals surface area contributed by atoms with Crippen molar-refractivity contribution in [3.63, 3.8) is 0 Å². The molecular weight excluding hydrogens is 334 g/mol. The molecule has 2 aromatic rings. The van der Waals surface area contributed by atoms with Crippen LogP contribution in [0.4, 0.5) is 5.69 Å². The van der Waals surface area contributed by atoms with E-state index in [2.05, 4.69) is 10.2 Å². The molecule has 1 aromatic carbocycles. The molecule has 120 valence electrons. The minimum Gasteiger partial charge on any atom is -0.409 e. The molecule has 1 aliphatic heterocycles. The van der Waals surface area contributed by atoms with Crippen molar-refractivity contribution in [3.8, 4) is 11.5 Å². The third-order valence-corrected chi connectivity index (χ3v) is 4.81. The molecule has 1 unspecified atom stereocenters. The molecule has 0 saturated carbocycles. The summed E-state index contributed by atoms with van der Waals surface area (Å²) in [7, 11) is 0. The minimum atomic E-state index is 0.0871. The second-order valence-electron chi connectivity index (χ2n) is 5.34. The summed E-state index contributed by atoms with van der Waals surface area (Å²) in [6.07, 6.45) is 0.482. The molecule has 0 aliphatic carbocycles. The van der Waals surface area contributed by atoms with Crippen LogP contribution in [-0.4, -0.2) is 33.5 Å². The molecule has 0 radical (unpaired) electrons. The van der Waals surface area contributed by atoms with Crippen LogP contribution in [0.15, 0.2) is 28.7 Å². The van der Waals surface area contributed by atoms with Crippen molar-refractivity contribution in [2.24, 2.45) is 5.92 Å². The van der Waals surface area contributed by atoms with E-state index in [0.29, 0.717) is 24.6 Å². The van der Waals surface area contributed by atoms with Crippen LogP contribution in [-0.2, 0) is 9.59 Å². The molecule has 6 nitrogen and oxygen atoms in total. The van der Waals surface area contributed by atoms with Gasteiger partial charge in [-0.3, -0.25) is 9.59 Å². The number of H-pyrrole nitrogens is 1. The zero-order valence-electron chi connectivity index (χ0n) is 12.4. The maximum atomic E-state index is 12.2. The average Bonchev–Trinajstić information content (AvgIpc) is 3.11. The lowest BCUT2D eigenvalue weighted by molar-refractivity contribution is -0.117. The summed E-state index contributed by atoms with van der Waals surface area (Å²) in [6.45, 7) is 2.19. The zero-order valence-corrected chi connectivity index (χ0v) is 14.1. The molecule has 1 fully saturated rings. The Bertz CT molecular complexity index is 782. The Hall–Kier alpha value is -1.93. The number of rotatable bonds is 4. The number of benzene rings is 1. The Morgan fingerprint density at radius 3 is 2.83 bits per heavy atom. The van der Waals surface area contributed by atoms with E-state index in [1.54, 1.807) is 11.8 Å². The van der Waals surface area contributed by atoms with Crippen molar-refractivity contribution in [1.82, 2.24) is 10.2 Å². The normalized spacial score (nSPS) is 17.7. The van der Waals surface area contributed by atoms with Crippen molar-refractivity contribution in [1.29, 1.82) is 0 Å². The van der Waals surface area contributed by atoms with Gasteiger partial charge in [0.25, 0.3) is 4.84 Å². The molecule has 1 aromatic heterocycles. The van der Waals surface area contributed by atoms with Crippen LogP contribution in [0.25, 0.3) is 11.5 Å². The fourth-order valence-electron chi connectivity index (χ4n) is 2.52. The van der Waals surface area contributed by atoms with Crippen molar-refractivity contribution in [3.05, 3.63) is 29.1 Å². The number of hydrogen-bond acceptors (Lipinski definition) is 6. The summed E-state index contributed by atoms with van der Waals surface area (Å²) in [5.41, 5.74) is 1.62. The van der Waals surface area contributed by atoms with Gasteiger partial charge in [-0.25, -0.2) is 5.10 Å². The van der Waals surface area contributed by atoms with Gasteiger partial charge in [-0.15, -0.1) is 5.10 Å². The Balaban J connectivity index is 1.71. The van der Waals surface area contributed by atoms with Crippen LogP contribution < -0.4 is 4.90 Å². The average molecular weight is 349 g/mol. The molecule has 1 N–H and O–H groups in total. The first-order chi connectivity index (χ1) is 11.0. The van der Waals surface area contributed by atoms with Gasteiger partial charge in [0.15, 0.2) is 5.12 Å². The second-order valence-corrected chi connectivity index (χ2v) is 6.91. The van der Waals surface area contributed by atoms with E-state index in [9.17, 15) is 9.59 Å². The first-order valence-electron chi connectivity index (χ1n) is 7.12. The standard InChI is InChI=1S/C15H15N3O3S2/c1-9(19)23-8-10-6-13(20)18(7-10)12-4-2-11(3-5-12)14-16-17-15(22)21-14/h2-5,10H,6-8H2,1H3,(H,17,22). The predicted molar refractivity (Wildman–Crippen MR) is 90.7 cm³/mol. The molecule has 0 spiro atoms. The van der Waals surface area contributed by atoms with E-state index in [-0.39, 0.29) is 21.8 Å². The predicted octanol–water partition coefficient (Wildman–Crippen LogP) is 3.03. The largest absolute Gasteiger partial charge is 0.409 e. The number of hydrogen-bond donors (Lipinski definition) is 1. The Morgan fingerprint density at radius 2 is 2.22 bits per heavy atom. The van der Waals surface area contributed by atoms with Crippen molar-refractivity contribution >= 4 is 40.7 Å². The quantitative estimate of drug-likeness (QED) is 0.855.